The molecule has 18 heavy (non-hydrogen) atoms. The normalized spacial score (nSPS) is 12.8. The summed E-state index contributed by atoms with van der Waals surface area (Å²) in [5, 5.41) is 10.5. The molecule has 0 amide bonds. The number of benzene rings is 1. The Hall–Kier alpha value is -1.32. The average Bonchev–Trinajstić information content (AvgIpc) is 2.56. The number of hydrogen-bond donors (Lipinski definition) is 2. The summed E-state index contributed by atoms with van der Waals surface area (Å²) >= 11 is 5.96. The zero-order valence-corrected chi connectivity index (χ0v) is 11.3. The van der Waals surface area contributed by atoms with Crippen molar-refractivity contribution in [1.29, 1.82) is 0 Å². The number of H-pyrrole nitrogens is 1. The minimum atomic E-state index is -1.08. The second-order valence-electron chi connectivity index (χ2n) is 4.45. The van der Waals surface area contributed by atoms with Crippen LogP contribution in [-0.2, 0) is 0 Å². The number of hydrogen-bond acceptors (Lipinski definition) is 1. The Balaban J connectivity index is 2.55. The summed E-state index contributed by atoms with van der Waals surface area (Å²) in [6.45, 7) is 5.77. The summed E-state index contributed by atoms with van der Waals surface area (Å²) in [5.74, 6) is -0.501. The SMILES string of the molecule is Cc1[nH]c(C(O)c2c(F)cccc2Cl)c(C)c1C. The van der Waals surface area contributed by atoms with Crippen LogP contribution in [0.4, 0.5) is 4.39 Å². The number of aliphatic hydroxyl groups excluding tert-OH is 1. The Bertz CT molecular complexity index is 571. The van der Waals surface area contributed by atoms with Crippen molar-refractivity contribution in [3.05, 3.63) is 57.1 Å². The molecule has 0 spiro atoms. The van der Waals surface area contributed by atoms with Gasteiger partial charge in [0.15, 0.2) is 0 Å². The van der Waals surface area contributed by atoms with Crippen molar-refractivity contribution in [3.8, 4) is 0 Å². The summed E-state index contributed by atoms with van der Waals surface area (Å²) < 4.78 is 13.8. The molecule has 1 unspecified atom stereocenters. The summed E-state index contributed by atoms with van der Waals surface area (Å²) in [7, 11) is 0. The van der Waals surface area contributed by atoms with Crippen LogP contribution < -0.4 is 0 Å². The summed E-state index contributed by atoms with van der Waals surface area (Å²) in [6.07, 6.45) is -1.08. The van der Waals surface area contributed by atoms with Crippen molar-refractivity contribution < 1.29 is 9.50 Å². The van der Waals surface area contributed by atoms with Gasteiger partial charge in [0.05, 0.1) is 5.69 Å². The third kappa shape index (κ3) is 2.04. The molecule has 0 aliphatic heterocycles. The van der Waals surface area contributed by atoms with Crippen LogP contribution in [0.3, 0.4) is 0 Å². The van der Waals surface area contributed by atoms with Crippen molar-refractivity contribution in [2.75, 3.05) is 0 Å². The Labute approximate surface area is 110 Å². The molecule has 0 radical (unpaired) electrons. The molecule has 1 aromatic carbocycles. The number of nitrogens with one attached hydrogen (secondary N) is 1. The standard InChI is InChI=1S/C14H15ClFNO/c1-7-8(2)13(17-9(7)3)14(18)12-10(15)5-4-6-11(12)16/h4-6,14,17-18H,1-3H3. The lowest BCUT2D eigenvalue weighted by Crippen LogP contribution is -2.05. The summed E-state index contributed by atoms with van der Waals surface area (Å²) in [6, 6.07) is 4.38. The van der Waals surface area contributed by atoms with Crippen LogP contribution >= 0.6 is 11.6 Å². The number of aromatic amines is 1. The maximum absolute atomic E-state index is 13.8. The van der Waals surface area contributed by atoms with Gasteiger partial charge < -0.3 is 10.1 Å². The molecule has 0 saturated carbocycles. The molecule has 0 bridgehead atoms. The number of aryl methyl sites for hydroxylation is 1. The second kappa shape index (κ2) is 4.75. The van der Waals surface area contributed by atoms with Crippen LogP contribution in [0.1, 0.15) is 34.2 Å². The lowest BCUT2D eigenvalue weighted by molar-refractivity contribution is 0.210. The van der Waals surface area contributed by atoms with Crippen molar-refractivity contribution in [3.63, 3.8) is 0 Å². The zero-order chi connectivity index (χ0) is 13.4. The first-order chi connectivity index (χ1) is 8.43. The molecule has 1 atom stereocenters. The molecular formula is C14H15ClFNO. The second-order valence-corrected chi connectivity index (χ2v) is 4.86. The molecule has 2 rings (SSSR count). The Morgan fingerprint density at radius 3 is 2.39 bits per heavy atom. The summed E-state index contributed by atoms with van der Waals surface area (Å²) in [5.41, 5.74) is 3.67. The van der Waals surface area contributed by atoms with E-state index in [2.05, 4.69) is 4.98 Å². The molecule has 1 heterocycles. The number of halogens is 2. The first kappa shape index (κ1) is 13.1. The average molecular weight is 268 g/mol. The van der Waals surface area contributed by atoms with E-state index < -0.39 is 11.9 Å². The van der Waals surface area contributed by atoms with Gasteiger partial charge >= 0.3 is 0 Å². The van der Waals surface area contributed by atoms with Crippen LogP contribution in [0, 0.1) is 26.6 Å². The van der Waals surface area contributed by atoms with Crippen molar-refractivity contribution in [2.24, 2.45) is 0 Å². The van der Waals surface area contributed by atoms with E-state index in [1.165, 1.54) is 12.1 Å². The Kier molecular flexibility index (Phi) is 3.46. The van der Waals surface area contributed by atoms with Gasteiger partial charge in [-0.25, -0.2) is 4.39 Å². The molecule has 0 aliphatic carbocycles. The van der Waals surface area contributed by atoms with Gasteiger partial charge in [0, 0.05) is 16.3 Å². The van der Waals surface area contributed by atoms with E-state index in [0.29, 0.717) is 5.69 Å². The predicted molar refractivity (Wildman–Crippen MR) is 70.5 cm³/mol. The number of rotatable bonds is 2. The third-order valence-corrected chi connectivity index (χ3v) is 3.73. The molecule has 2 aromatic rings. The van der Waals surface area contributed by atoms with E-state index in [-0.39, 0.29) is 10.6 Å². The van der Waals surface area contributed by atoms with Crippen molar-refractivity contribution in [2.45, 2.75) is 26.9 Å². The maximum Gasteiger partial charge on any atom is 0.130 e. The van der Waals surface area contributed by atoms with E-state index in [9.17, 15) is 9.50 Å². The van der Waals surface area contributed by atoms with Gasteiger partial charge in [-0.3, -0.25) is 0 Å². The molecule has 2 nitrogen and oxygen atoms in total. The van der Waals surface area contributed by atoms with Crippen LogP contribution in [0.25, 0.3) is 0 Å². The van der Waals surface area contributed by atoms with Gasteiger partial charge in [-0.05, 0) is 44.0 Å². The van der Waals surface area contributed by atoms with E-state index >= 15 is 0 Å². The maximum atomic E-state index is 13.8. The van der Waals surface area contributed by atoms with E-state index in [1.807, 2.05) is 20.8 Å². The van der Waals surface area contributed by atoms with Gasteiger partial charge in [-0.1, -0.05) is 17.7 Å². The monoisotopic (exact) mass is 267 g/mol. The quantitative estimate of drug-likeness (QED) is 0.853. The molecule has 1 aromatic heterocycles. The first-order valence-corrected chi connectivity index (χ1v) is 6.09. The Morgan fingerprint density at radius 2 is 1.89 bits per heavy atom. The zero-order valence-electron chi connectivity index (χ0n) is 10.5. The van der Waals surface area contributed by atoms with Gasteiger partial charge in [-0.2, -0.15) is 0 Å². The third-order valence-electron chi connectivity index (χ3n) is 3.40. The minimum absolute atomic E-state index is 0.114. The lowest BCUT2D eigenvalue weighted by atomic mass is 10.0. The largest absolute Gasteiger partial charge is 0.382 e. The Morgan fingerprint density at radius 1 is 1.22 bits per heavy atom. The fraction of sp³-hybridized carbons (Fsp3) is 0.286. The molecule has 0 fully saturated rings. The highest BCUT2D eigenvalue weighted by molar-refractivity contribution is 6.31. The molecule has 96 valence electrons. The fourth-order valence-electron chi connectivity index (χ4n) is 2.06. The van der Waals surface area contributed by atoms with Crippen molar-refractivity contribution in [1.82, 2.24) is 4.98 Å². The van der Waals surface area contributed by atoms with Gasteiger partial charge in [0.25, 0.3) is 0 Å². The molecule has 4 heteroatoms. The van der Waals surface area contributed by atoms with Crippen LogP contribution in [-0.4, -0.2) is 10.1 Å². The molecular weight excluding hydrogens is 253 g/mol. The highest BCUT2D eigenvalue weighted by Crippen LogP contribution is 2.33. The smallest absolute Gasteiger partial charge is 0.130 e. The lowest BCUT2D eigenvalue weighted by Gasteiger charge is -2.13. The van der Waals surface area contributed by atoms with Crippen LogP contribution in [0.15, 0.2) is 18.2 Å². The highest BCUT2D eigenvalue weighted by atomic mass is 35.5. The van der Waals surface area contributed by atoms with Crippen molar-refractivity contribution >= 4 is 11.6 Å². The molecule has 0 saturated heterocycles. The van der Waals surface area contributed by atoms with E-state index in [1.54, 1.807) is 6.07 Å². The van der Waals surface area contributed by atoms with Gasteiger partial charge in [-0.15, -0.1) is 0 Å². The number of aromatic nitrogens is 1. The molecule has 0 aliphatic rings. The first-order valence-electron chi connectivity index (χ1n) is 5.71. The van der Waals surface area contributed by atoms with Crippen LogP contribution in [0.5, 0.6) is 0 Å². The van der Waals surface area contributed by atoms with Crippen LogP contribution in [0.2, 0.25) is 5.02 Å². The number of aliphatic hydroxyl groups is 1. The fourth-order valence-corrected chi connectivity index (χ4v) is 2.33. The van der Waals surface area contributed by atoms with Gasteiger partial charge in [0.1, 0.15) is 11.9 Å². The minimum Gasteiger partial charge on any atom is -0.382 e. The topological polar surface area (TPSA) is 36.0 Å². The van der Waals surface area contributed by atoms with E-state index in [4.69, 9.17) is 11.6 Å². The van der Waals surface area contributed by atoms with E-state index in [0.717, 1.165) is 16.8 Å². The molecule has 2 N–H and O–H groups in total. The predicted octanol–water partition coefficient (Wildman–Crippen LogP) is 3.81. The van der Waals surface area contributed by atoms with Gasteiger partial charge in [0.2, 0.25) is 0 Å². The summed E-state index contributed by atoms with van der Waals surface area (Å²) in [4.78, 5) is 3.09. The highest BCUT2D eigenvalue weighted by Gasteiger charge is 2.22.